The monoisotopic (exact) mass is 125 g/mol. The molecule has 0 aromatic heterocycles. The molecule has 0 fully saturated rings. The van der Waals surface area contributed by atoms with Crippen molar-refractivity contribution in [2.75, 3.05) is 0 Å². The van der Waals surface area contributed by atoms with Crippen molar-refractivity contribution in [2.24, 2.45) is 5.73 Å². The van der Waals surface area contributed by atoms with Gasteiger partial charge in [-0.1, -0.05) is 19.1 Å². The summed E-state index contributed by atoms with van der Waals surface area (Å²) < 4.78 is 0. The molecule has 1 rings (SSSR count). The minimum absolute atomic E-state index is 0.134. The van der Waals surface area contributed by atoms with Crippen molar-refractivity contribution >= 4 is 0 Å². The van der Waals surface area contributed by atoms with Gasteiger partial charge in [-0.05, 0) is 25.7 Å². The highest BCUT2D eigenvalue weighted by Gasteiger charge is 2.21. The van der Waals surface area contributed by atoms with E-state index in [-0.39, 0.29) is 5.54 Å². The smallest absolute Gasteiger partial charge is 0.0189 e. The fourth-order valence-corrected chi connectivity index (χ4v) is 1.23. The number of hydrogen-bond acceptors (Lipinski definition) is 1. The molecule has 0 bridgehead atoms. The number of rotatable bonds is 1. The van der Waals surface area contributed by atoms with Gasteiger partial charge in [0.2, 0.25) is 0 Å². The Balaban J connectivity index is 2.50. The Morgan fingerprint density at radius 3 is 2.67 bits per heavy atom. The van der Waals surface area contributed by atoms with Crippen LogP contribution in [-0.2, 0) is 0 Å². The van der Waals surface area contributed by atoms with E-state index < -0.39 is 0 Å². The molecule has 1 aliphatic carbocycles. The van der Waals surface area contributed by atoms with Crippen molar-refractivity contribution in [2.45, 2.75) is 38.1 Å². The molecule has 0 saturated carbocycles. The molecule has 0 spiro atoms. The van der Waals surface area contributed by atoms with Crippen molar-refractivity contribution in [1.29, 1.82) is 0 Å². The highest BCUT2D eigenvalue weighted by atomic mass is 14.7. The van der Waals surface area contributed by atoms with Crippen LogP contribution in [0.5, 0.6) is 0 Å². The van der Waals surface area contributed by atoms with Crippen molar-refractivity contribution in [3.05, 3.63) is 12.2 Å². The maximum Gasteiger partial charge on any atom is 0.0189 e. The lowest BCUT2D eigenvalue weighted by atomic mass is 9.85. The van der Waals surface area contributed by atoms with E-state index >= 15 is 0 Å². The molecule has 0 radical (unpaired) electrons. The molecule has 1 aliphatic rings. The number of hydrogen-bond donors (Lipinski definition) is 1. The summed E-state index contributed by atoms with van der Waals surface area (Å²) in [4.78, 5) is 0. The fourth-order valence-electron chi connectivity index (χ4n) is 1.23. The summed E-state index contributed by atoms with van der Waals surface area (Å²) in [6.45, 7) is 2.17. The summed E-state index contributed by atoms with van der Waals surface area (Å²) in [5.74, 6) is 0. The Hall–Kier alpha value is -0.300. The van der Waals surface area contributed by atoms with E-state index in [4.69, 9.17) is 5.73 Å². The minimum Gasteiger partial charge on any atom is -0.325 e. The summed E-state index contributed by atoms with van der Waals surface area (Å²) in [5.41, 5.74) is 6.14. The fraction of sp³-hybridized carbons (Fsp3) is 0.750. The zero-order valence-corrected chi connectivity index (χ0v) is 6.06. The Labute approximate surface area is 56.9 Å². The van der Waals surface area contributed by atoms with E-state index in [1.807, 2.05) is 0 Å². The molecule has 52 valence electrons. The molecule has 1 heteroatoms. The first-order valence-electron chi connectivity index (χ1n) is 3.71. The third-order valence-electron chi connectivity index (χ3n) is 2.20. The van der Waals surface area contributed by atoms with E-state index in [1.54, 1.807) is 0 Å². The Morgan fingerprint density at radius 1 is 1.56 bits per heavy atom. The van der Waals surface area contributed by atoms with Gasteiger partial charge in [0.1, 0.15) is 0 Å². The maximum absolute atomic E-state index is 6.01. The predicted octanol–water partition coefficient (Wildman–Crippen LogP) is 1.83. The van der Waals surface area contributed by atoms with Crippen LogP contribution in [0.1, 0.15) is 32.6 Å². The van der Waals surface area contributed by atoms with Crippen LogP contribution in [0.15, 0.2) is 12.2 Å². The standard InChI is InChI=1S/C8H15N/c1-2-8(9)6-4-3-5-7-8/h3-4H,2,5-7,9H2,1H3. The van der Waals surface area contributed by atoms with Crippen LogP contribution in [0.3, 0.4) is 0 Å². The Kier molecular flexibility index (Phi) is 1.91. The molecular weight excluding hydrogens is 110 g/mol. The predicted molar refractivity (Wildman–Crippen MR) is 40.2 cm³/mol. The molecule has 0 heterocycles. The van der Waals surface area contributed by atoms with Crippen LogP contribution in [0, 0.1) is 0 Å². The highest BCUT2D eigenvalue weighted by Crippen LogP contribution is 2.23. The van der Waals surface area contributed by atoms with Gasteiger partial charge in [-0.3, -0.25) is 0 Å². The van der Waals surface area contributed by atoms with Crippen molar-refractivity contribution in [3.63, 3.8) is 0 Å². The molecule has 0 aromatic rings. The van der Waals surface area contributed by atoms with Gasteiger partial charge in [0.05, 0.1) is 0 Å². The molecule has 1 unspecified atom stereocenters. The van der Waals surface area contributed by atoms with Crippen molar-refractivity contribution in [3.8, 4) is 0 Å². The van der Waals surface area contributed by atoms with E-state index in [0.29, 0.717) is 0 Å². The first-order chi connectivity index (χ1) is 4.27. The number of nitrogens with two attached hydrogens (primary N) is 1. The molecule has 9 heavy (non-hydrogen) atoms. The van der Waals surface area contributed by atoms with Crippen LogP contribution < -0.4 is 5.73 Å². The van der Waals surface area contributed by atoms with E-state index in [0.717, 1.165) is 12.8 Å². The van der Waals surface area contributed by atoms with Crippen LogP contribution >= 0.6 is 0 Å². The SMILES string of the molecule is CCC1(N)CC=CCC1. The molecule has 1 atom stereocenters. The molecule has 0 aromatic carbocycles. The molecular formula is C8H15N. The summed E-state index contributed by atoms with van der Waals surface area (Å²) in [6, 6.07) is 0. The van der Waals surface area contributed by atoms with Crippen molar-refractivity contribution in [1.82, 2.24) is 0 Å². The second-order valence-corrected chi connectivity index (χ2v) is 2.93. The third-order valence-corrected chi connectivity index (χ3v) is 2.20. The molecule has 0 amide bonds. The average molecular weight is 125 g/mol. The molecule has 0 aliphatic heterocycles. The first kappa shape index (κ1) is 6.81. The lowest BCUT2D eigenvalue weighted by Crippen LogP contribution is -2.39. The molecule has 2 N–H and O–H groups in total. The Bertz CT molecular complexity index is 118. The van der Waals surface area contributed by atoms with E-state index in [2.05, 4.69) is 19.1 Å². The molecule has 0 saturated heterocycles. The van der Waals surface area contributed by atoms with E-state index in [1.165, 1.54) is 12.8 Å². The highest BCUT2D eigenvalue weighted by molar-refractivity contribution is 5.00. The maximum atomic E-state index is 6.01. The van der Waals surface area contributed by atoms with Gasteiger partial charge in [0.25, 0.3) is 0 Å². The first-order valence-corrected chi connectivity index (χ1v) is 3.71. The van der Waals surface area contributed by atoms with Gasteiger partial charge in [-0.15, -0.1) is 0 Å². The Morgan fingerprint density at radius 2 is 2.33 bits per heavy atom. The van der Waals surface area contributed by atoms with Crippen LogP contribution in [0.4, 0.5) is 0 Å². The second kappa shape index (κ2) is 2.53. The summed E-state index contributed by atoms with van der Waals surface area (Å²) in [7, 11) is 0. The number of allylic oxidation sites excluding steroid dienone is 1. The van der Waals surface area contributed by atoms with E-state index in [9.17, 15) is 0 Å². The quantitative estimate of drug-likeness (QED) is 0.532. The minimum atomic E-state index is 0.134. The third kappa shape index (κ3) is 1.55. The topological polar surface area (TPSA) is 26.0 Å². The van der Waals surface area contributed by atoms with Crippen LogP contribution in [-0.4, -0.2) is 5.54 Å². The molecule has 1 nitrogen and oxygen atoms in total. The second-order valence-electron chi connectivity index (χ2n) is 2.93. The van der Waals surface area contributed by atoms with Gasteiger partial charge in [-0.25, -0.2) is 0 Å². The lowest BCUT2D eigenvalue weighted by molar-refractivity contribution is 0.375. The van der Waals surface area contributed by atoms with Gasteiger partial charge >= 0.3 is 0 Å². The van der Waals surface area contributed by atoms with Gasteiger partial charge in [-0.2, -0.15) is 0 Å². The summed E-state index contributed by atoms with van der Waals surface area (Å²) >= 11 is 0. The zero-order valence-electron chi connectivity index (χ0n) is 6.06. The van der Waals surface area contributed by atoms with Gasteiger partial charge in [0.15, 0.2) is 0 Å². The average Bonchev–Trinajstić information content (AvgIpc) is 1.90. The van der Waals surface area contributed by atoms with Crippen molar-refractivity contribution < 1.29 is 0 Å². The largest absolute Gasteiger partial charge is 0.325 e. The lowest BCUT2D eigenvalue weighted by Gasteiger charge is -2.28. The summed E-state index contributed by atoms with van der Waals surface area (Å²) in [6.07, 6.45) is 8.94. The summed E-state index contributed by atoms with van der Waals surface area (Å²) in [5, 5.41) is 0. The zero-order chi connectivity index (χ0) is 6.74. The van der Waals surface area contributed by atoms with Crippen LogP contribution in [0.25, 0.3) is 0 Å². The van der Waals surface area contributed by atoms with Gasteiger partial charge < -0.3 is 5.73 Å². The normalized spacial score (nSPS) is 34.9. The van der Waals surface area contributed by atoms with Crippen LogP contribution in [0.2, 0.25) is 0 Å². The van der Waals surface area contributed by atoms with Gasteiger partial charge in [0, 0.05) is 5.54 Å².